The Bertz CT molecular complexity index is 880. The number of hydrogen-bond acceptors (Lipinski definition) is 6. The molecule has 0 bridgehead atoms. The largest absolute Gasteiger partial charge is 0.346 e. The number of halogens is 1. The Kier molecular flexibility index (Phi) is 3.73. The zero-order valence-electron chi connectivity index (χ0n) is 13.5. The molecule has 2 fully saturated rings. The van der Waals surface area contributed by atoms with Gasteiger partial charge in [-0.15, -0.1) is 10.2 Å². The molecule has 2 saturated heterocycles. The number of nitrogens with one attached hydrogen (secondary N) is 1. The van der Waals surface area contributed by atoms with Crippen molar-refractivity contribution in [3.05, 3.63) is 41.9 Å². The average Bonchev–Trinajstić information content (AvgIpc) is 3.36. The van der Waals surface area contributed by atoms with E-state index in [1.807, 2.05) is 29.0 Å². The monoisotopic (exact) mass is 372 g/mol. The van der Waals surface area contributed by atoms with Gasteiger partial charge in [0, 0.05) is 49.8 Å². The number of imidazole rings is 1. The second-order valence-electron chi connectivity index (χ2n) is 6.61. The lowest BCUT2D eigenvalue weighted by molar-refractivity contribution is 0.533. The van der Waals surface area contributed by atoms with Gasteiger partial charge in [0.15, 0.2) is 5.01 Å². The summed E-state index contributed by atoms with van der Waals surface area (Å²) in [6.45, 7) is 4.38. The zero-order chi connectivity index (χ0) is 16.8. The molecule has 2 aliphatic rings. The van der Waals surface area contributed by atoms with E-state index in [0.717, 1.165) is 59.4 Å². The third kappa shape index (κ3) is 2.72. The second-order valence-corrected chi connectivity index (χ2v) is 7.97. The lowest BCUT2D eigenvalue weighted by Gasteiger charge is -2.14. The zero-order valence-corrected chi connectivity index (χ0v) is 15.0. The van der Waals surface area contributed by atoms with Crippen LogP contribution in [-0.2, 0) is 0 Å². The van der Waals surface area contributed by atoms with Gasteiger partial charge < -0.3 is 14.8 Å². The fourth-order valence-corrected chi connectivity index (χ4v) is 4.94. The summed E-state index contributed by atoms with van der Waals surface area (Å²) in [6.07, 6.45) is 5.40. The molecular weight excluding hydrogens is 356 g/mol. The molecule has 0 radical (unpaired) electrons. The van der Waals surface area contributed by atoms with E-state index in [1.54, 1.807) is 23.9 Å². The lowest BCUT2D eigenvalue weighted by Crippen LogP contribution is -2.25. The van der Waals surface area contributed by atoms with Crippen LogP contribution >= 0.6 is 22.9 Å². The molecule has 2 aromatic heterocycles. The molecule has 1 N–H and O–H groups in total. The SMILES string of the molecule is Clc1cc(-n2ccnc2)ccc1-c1nnc(N2C[C@H]3CNC[C@H]3C2)s1. The Hall–Kier alpha value is -1.96. The van der Waals surface area contributed by atoms with Gasteiger partial charge in [0.25, 0.3) is 0 Å². The molecule has 4 heterocycles. The smallest absolute Gasteiger partial charge is 0.208 e. The maximum atomic E-state index is 6.51. The maximum absolute atomic E-state index is 6.51. The normalized spacial score (nSPS) is 22.5. The van der Waals surface area contributed by atoms with E-state index in [4.69, 9.17) is 11.6 Å². The summed E-state index contributed by atoms with van der Waals surface area (Å²) in [6, 6.07) is 5.96. The van der Waals surface area contributed by atoms with E-state index in [0.29, 0.717) is 5.02 Å². The molecule has 0 spiro atoms. The molecule has 2 atom stereocenters. The van der Waals surface area contributed by atoms with Crippen molar-refractivity contribution in [3.8, 4) is 16.3 Å². The molecule has 0 aliphatic carbocycles. The van der Waals surface area contributed by atoms with Crippen molar-refractivity contribution in [2.24, 2.45) is 11.8 Å². The summed E-state index contributed by atoms with van der Waals surface area (Å²) in [5.74, 6) is 1.48. The van der Waals surface area contributed by atoms with Gasteiger partial charge >= 0.3 is 0 Å². The highest BCUT2D eigenvalue weighted by Gasteiger charge is 2.37. The first-order valence-corrected chi connectivity index (χ1v) is 9.55. The molecular formula is C17H17ClN6S. The van der Waals surface area contributed by atoms with Gasteiger partial charge in [0.05, 0.1) is 11.3 Å². The molecule has 6 nitrogen and oxygen atoms in total. The Morgan fingerprint density at radius 1 is 1.16 bits per heavy atom. The fourth-order valence-electron chi connectivity index (χ4n) is 3.71. The summed E-state index contributed by atoms with van der Waals surface area (Å²) in [7, 11) is 0. The van der Waals surface area contributed by atoms with Crippen molar-refractivity contribution < 1.29 is 0 Å². The average molecular weight is 373 g/mol. The topological polar surface area (TPSA) is 58.9 Å². The van der Waals surface area contributed by atoms with E-state index in [9.17, 15) is 0 Å². The van der Waals surface area contributed by atoms with Crippen LogP contribution in [0, 0.1) is 11.8 Å². The van der Waals surface area contributed by atoms with Gasteiger partial charge in [0.1, 0.15) is 0 Å². The van der Waals surface area contributed by atoms with Gasteiger partial charge in [-0.2, -0.15) is 0 Å². The van der Waals surface area contributed by atoms with Gasteiger partial charge in [-0.05, 0) is 30.0 Å². The molecule has 5 rings (SSSR count). The van der Waals surface area contributed by atoms with E-state index >= 15 is 0 Å². The van der Waals surface area contributed by atoms with Gasteiger partial charge in [-0.25, -0.2) is 4.98 Å². The molecule has 3 aromatic rings. The number of aromatic nitrogens is 4. The predicted molar refractivity (Wildman–Crippen MR) is 99.5 cm³/mol. The van der Waals surface area contributed by atoms with Crippen molar-refractivity contribution in [2.45, 2.75) is 0 Å². The first-order valence-electron chi connectivity index (χ1n) is 8.35. The summed E-state index contributed by atoms with van der Waals surface area (Å²) in [5.41, 5.74) is 1.91. The summed E-state index contributed by atoms with van der Waals surface area (Å²) in [4.78, 5) is 6.44. The second kappa shape index (κ2) is 6.09. The summed E-state index contributed by atoms with van der Waals surface area (Å²) in [5, 5.41) is 14.8. The Morgan fingerprint density at radius 3 is 2.72 bits per heavy atom. The van der Waals surface area contributed by atoms with Crippen LogP contribution in [-0.4, -0.2) is 45.9 Å². The van der Waals surface area contributed by atoms with Crippen molar-refractivity contribution in [1.82, 2.24) is 25.1 Å². The van der Waals surface area contributed by atoms with Crippen LogP contribution in [0.5, 0.6) is 0 Å². The number of rotatable bonds is 3. The number of anilines is 1. The van der Waals surface area contributed by atoms with Crippen LogP contribution in [0.2, 0.25) is 5.02 Å². The van der Waals surface area contributed by atoms with Crippen LogP contribution < -0.4 is 10.2 Å². The maximum Gasteiger partial charge on any atom is 0.208 e. The molecule has 0 saturated carbocycles. The predicted octanol–water partition coefficient (Wildman–Crippen LogP) is 2.70. The van der Waals surface area contributed by atoms with Crippen LogP contribution in [0.15, 0.2) is 36.9 Å². The van der Waals surface area contributed by atoms with Crippen LogP contribution in [0.1, 0.15) is 0 Å². The highest BCUT2D eigenvalue weighted by atomic mass is 35.5. The minimum atomic E-state index is 0.677. The standard InChI is InChI=1S/C17H17ClN6S/c18-15-5-13(23-4-3-19-10-23)1-2-14(15)16-21-22-17(25-16)24-8-11-6-20-7-12(11)9-24/h1-5,10-12,20H,6-9H2/t11-,12+. The van der Waals surface area contributed by atoms with E-state index in [2.05, 4.69) is 25.4 Å². The Labute approximate surface area is 154 Å². The quantitative estimate of drug-likeness (QED) is 0.766. The van der Waals surface area contributed by atoms with Crippen molar-refractivity contribution >= 4 is 28.1 Å². The fraction of sp³-hybridized carbons (Fsp3) is 0.353. The summed E-state index contributed by atoms with van der Waals surface area (Å²) < 4.78 is 1.93. The molecule has 128 valence electrons. The molecule has 8 heteroatoms. The van der Waals surface area contributed by atoms with E-state index in [-0.39, 0.29) is 0 Å². The van der Waals surface area contributed by atoms with Gasteiger partial charge in [0.2, 0.25) is 5.13 Å². The number of nitrogens with zero attached hydrogens (tertiary/aromatic N) is 5. The number of benzene rings is 1. The summed E-state index contributed by atoms with van der Waals surface area (Å²) >= 11 is 8.13. The van der Waals surface area contributed by atoms with Gasteiger partial charge in [-0.1, -0.05) is 22.9 Å². The van der Waals surface area contributed by atoms with Crippen LogP contribution in [0.3, 0.4) is 0 Å². The van der Waals surface area contributed by atoms with Gasteiger partial charge in [-0.3, -0.25) is 0 Å². The molecule has 25 heavy (non-hydrogen) atoms. The number of fused-ring (bicyclic) bond motifs is 1. The minimum absolute atomic E-state index is 0.677. The first kappa shape index (κ1) is 15.3. The molecule has 0 unspecified atom stereocenters. The highest BCUT2D eigenvalue weighted by Crippen LogP contribution is 2.37. The van der Waals surface area contributed by atoms with Crippen LogP contribution in [0.25, 0.3) is 16.3 Å². The molecule has 0 amide bonds. The van der Waals surface area contributed by atoms with Crippen molar-refractivity contribution in [3.63, 3.8) is 0 Å². The van der Waals surface area contributed by atoms with E-state index < -0.39 is 0 Å². The number of hydrogen-bond donors (Lipinski definition) is 1. The highest BCUT2D eigenvalue weighted by molar-refractivity contribution is 7.18. The lowest BCUT2D eigenvalue weighted by atomic mass is 10.0. The minimum Gasteiger partial charge on any atom is -0.346 e. The third-order valence-electron chi connectivity index (χ3n) is 5.06. The van der Waals surface area contributed by atoms with Crippen LogP contribution in [0.4, 0.5) is 5.13 Å². The van der Waals surface area contributed by atoms with Crippen molar-refractivity contribution in [2.75, 3.05) is 31.1 Å². The molecule has 1 aromatic carbocycles. The molecule has 2 aliphatic heterocycles. The first-order chi connectivity index (χ1) is 12.3. The van der Waals surface area contributed by atoms with E-state index in [1.165, 1.54) is 0 Å². The Morgan fingerprint density at radius 2 is 2.00 bits per heavy atom. The Balaban J connectivity index is 1.40. The van der Waals surface area contributed by atoms with Crippen molar-refractivity contribution in [1.29, 1.82) is 0 Å². The third-order valence-corrected chi connectivity index (χ3v) is 6.39.